The van der Waals surface area contributed by atoms with Crippen molar-refractivity contribution in [3.05, 3.63) is 83.4 Å². The van der Waals surface area contributed by atoms with Crippen LogP contribution in [0.15, 0.2) is 66.7 Å². The van der Waals surface area contributed by atoms with E-state index in [9.17, 15) is 0 Å². The number of aryl methyl sites for hydroxylation is 1. The van der Waals surface area contributed by atoms with Crippen molar-refractivity contribution in [2.24, 2.45) is 0 Å². The minimum absolute atomic E-state index is 0.0300. The maximum Gasteiger partial charge on any atom is 0.126 e. The summed E-state index contributed by atoms with van der Waals surface area (Å²) in [6.45, 7) is 11.5. The highest BCUT2D eigenvalue weighted by Gasteiger charge is 2.21. The summed E-state index contributed by atoms with van der Waals surface area (Å²) in [6, 6.07) is 24.1. The molecule has 36 heavy (non-hydrogen) atoms. The second-order valence-corrected chi connectivity index (χ2v) is 9.73. The normalized spacial score (nSPS) is 11.7. The zero-order valence-electron chi connectivity index (χ0n) is 23.2. The first-order valence-corrected chi connectivity index (χ1v) is 13.6. The van der Waals surface area contributed by atoms with E-state index in [0.29, 0.717) is 6.61 Å². The van der Waals surface area contributed by atoms with E-state index < -0.39 is 0 Å². The summed E-state index contributed by atoms with van der Waals surface area (Å²) in [5, 5.41) is 3.84. The Labute approximate surface area is 219 Å². The Morgan fingerprint density at radius 3 is 2.03 bits per heavy atom. The average molecular weight is 488 g/mol. The van der Waals surface area contributed by atoms with Crippen LogP contribution in [0.1, 0.15) is 69.2 Å². The third kappa shape index (κ3) is 7.19. The van der Waals surface area contributed by atoms with Crippen molar-refractivity contribution in [1.82, 2.24) is 0 Å². The van der Waals surface area contributed by atoms with Crippen LogP contribution in [0.2, 0.25) is 0 Å². The third-order valence-electron chi connectivity index (χ3n) is 6.72. The quantitative estimate of drug-likeness (QED) is 0.249. The number of benzene rings is 3. The molecule has 3 rings (SSSR count). The second-order valence-electron chi connectivity index (χ2n) is 9.73. The van der Waals surface area contributed by atoms with Crippen LogP contribution in [0, 0.1) is 6.92 Å². The van der Waals surface area contributed by atoms with Crippen molar-refractivity contribution in [2.45, 2.75) is 59.4 Å². The van der Waals surface area contributed by atoms with Gasteiger partial charge in [-0.15, -0.1) is 0 Å². The van der Waals surface area contributed by atoms with Gasteiger partial charge in [-0.05, 0) is 62.1 Å². The number of unbranched alkanes of at least 4 members (excludes halogenated alkanes) is 2. The molecule has 194 valence electrons. The maximum absolute atomic E-state index is 6.29. The van der Waals surface area contributed by atoms with E-state index >= 15 is 0 Å². The lowest BCUT2D eigenvalue weighted by Crippen LogP contribution is -2.26. The predicted octanol–water partition coefficient (Wildman–Crippen LogP) is 8.07. The highest BCUT2D eigenvalue weighted by Crippen LogP contribution is 2.37. The molecule has 3 aromatic rings. The molecule has 0 bridgehead atoms. The predicted molar refractivity (Wildman–Crippen MR) is 157 cm³/mol. The van der Waals surface area contributed by atoms with Crippen molar-refractivity contribution in [3.63, 3.8) is 0 Å². The van der Waals surface area contributed by atoms with Crippen LogP contribution in [0.3, 0.4) is 0 Å². The number of ether oxygens (including phenoxy) is 1. The minimum Gasteiger partial charge on any atom is -0.493 e. The van der Waals surface area contributed by atoms with Crippen LogP contribution in [-0.4, -0.2) is 33.8 Å². The van der Waals surface area contributed by atoms with Gasteiger partial charge < -0.3 is 19.9 Å². The standard InChI is InChI=1S/C32H45N3O/c1-7-10-22-35(23-11-8-2)28-20-21-29(31(24-28)36-9-3)32(33-30-15-13-12-14-25(30)4)26-16-18-27(19-17-26)34(5)6/h12-21,24,32-33H,7-11,22-23H2,1-6H3. The molecule has 0 radical (unpaired) electrons. The molecule has 3 aromatic carbocycles. The van der Waals surface area contributed by atoms with E-state index in [4.69, 9.17) is 4.74 Å². The van der Waals surface area contributed by atoms with Gasteiger partial charge in [0.2, 0.25) is 0 Å². The minimum atomic E-state index is -0.0300. The van der Waals surface area contributed by atoms with Crippen LogP contribution in [0.25, 0.3) is 0 Å². The summed E-state index contributed by atoms with van der Waals surface area (Å²) in [6.07, 6.45) is 4.80. The highest BCUT2D eigenvalue weighted by atomic mass is 16.5. The van der Waals surface area contributed by atoms with E-state index in [-0.39, 0.29) is 6.04 Å². The molecule has 1 unspecified atom stereocenters. The van der Waals surface area contributed by atoms with E-state index in [2.05, 4.69) is 124 Å². The van der Waals surface area contributed by atoms with Gasteiger partial charge in [0.25, 0.3) is 0 Å². The third-order valence-corrected chi connectivity index (χ3v) is 6.72. The van der Waals surface area contributed by atoms with Crippen LogP contribution < -0.4 is 19.9 Å². The van der Waals surface area contributed by atoms with Crippen LogP contribution in [0.5, 0.6) is 5.75 Å². The fraction of sp³-hybridized carbons (Fsp3) is 0.438. The molecule has 0 saturated carbocycles. The Hall–Kier alpha value is -3.14. The van der Waals surface area contributed by atoms with Gasteiger partial charge in [-0.3, -0.25) is 0 Å². The molecule has 0 spiro atoms. The van der Waals surface area contributed by atoms with Gasteiger partial charge in [0.05, 0.1) is 12.6 Å². The SMILES string of the molecule is CCCCN(CCCC)c1ccc(C(Nc2ccccc2C)c2ccc(N(C)C)cc2)c(OCC)c1. The summed E-state index contributed by atoms with van der Waals surface area (Å²) < 4.78 is 6.29. The van der Waals surface area contributed by atoms with Gasteiger partial charge in [-0.2, -0.15) is 0 Å². The van der Waals surface area contributed by atoms with Crippen molar-refractivity contribution in [3.8, 4) is 5.75 Å². The van der Waals surface area contributed by atoms with Gasteiger partial charge >= 0.3 is 0 Å². The van der Waals surface area contributed by atoms with Gasteiger partial charge in [-0.25, -0.2) is 0 Å². The summed E-state index contributed by atoms with van der Waals surface area (Å²) in [5.74, 6) is 0.954. The lowest BCUT2D eigenvalue weighted by molar-refractivity contribution is 0.336. The van der Waals surface area contributed by atoms with E-state index in [1.165, 1.54) is 48.2 Å². The molecule has 4 nitrogen and oxygen atoms in total. The first-order valence-electron chi connectivity index (χ1n) is 13.6. The zero-order valence-corrected chi connectivity index (χ0v) is 23.2. The summed E-state index contributed by atoms with van der Waals surface area (Å²) in [5.41, 5.74) is 7.18. The van der Waals surface area contributed by atoms with Crippen molar-refractivity contribution < 1.29 is 4.74 Å². The van der Waals surface area contributed by atoms with Crippen molar-refractivity contribution in [1.29, 1.82) is 0 Å². The first kappa shape index (κ1) is 27.4. The molecule has 0 aliphatic rings. The molecule has 1 N–H and O–H groups in total. The molecule has 0 fully saturated rings. The molecule has 0 aliphatic heterocycles. The molecular weight excluding hydrogens is 442 g/mol. The molecule has 4 heteroatoms. The fourth-order valence-electron chi connectivity index (χ4n) is 4.50. The smallest absolute Gasteiger partial charge is 0.126 e. The number of rotatable bonds is 14. The lowest BCUT2D eigenvalue weighted by atomic mass is 9.96. The Bertz CT molecular complexity index is 1050. The molecule has 0 saturated heterocycles. The number of nitrogens with one attached hydrogen (secondary N) is 1. The topological polar surface area (TPSA) is 27.7 Å². The molecule has 0 amide bonds. The van der Waals surface area contributed by atoms with E-state index in [1.807, 2.05) is 0 Å². The van der Waals surface area contributed by atoms with Gasteiger partial charge in [0.1, 0.15) is 5.75 Å². The van der Waals surface area contributed by atoms with E-state index in [0.717, 1.165) is 30.1 Å². The molecule has 0 heterocycles. The lowest BCUT2D eigenvalue weighted by Gasteiger charge is -2.28. The Morgan fingerprint density at radius 1 is 0.806 bits per heavy atom. The van der Waals surface area contributed by atoms with Crippen LogP contribution in [-0.2, 0) is 0 Å². The molecule has 0 aromatic heterocycles. The Kier molecular flexibility index (Phi) is 10.5. The zero-order chi connectivity index (χ0) is 25.9. The molecule has 1 atom stereocenters. The number of hydrogen-bond donors (Lipinski definition) is 1. The van der Waals surface area contributed by atoms with Crippen molar-refractivity contribution in [2.75, 3.05) is 48.9 Å². The summed E-state index contributed by atoms with van der Waals surface area (Å²) in [4.78, 5) is 4.66. The van der Waals surface area contributed by atoms with Gasteiger partial charge in [-0.1, -0.05) is 63.1 Å². The summed E-state index contributed by atoms with van der Waals surface area (Å²) in [7, 11) is 4.15. The second kappa shape index (κ2) is 13.8. The monoisotopic (exact) mass is 487 g/mol. The van der Waals surface area contributed by atoms with Gasteiger partial charge in [0, 0.05) is 55.9 Å². The fourth-order valence-corrected chi connectivity index (χ4v) is 4.50. The molecular formula is C32H45N3O. The van der Waals surface area contributed by atoms with Gasteiger partial charge in [0.15, 0.2) is 0 Å². The number of hydrogen-bond acceptors (Lipinski definition) is 4. The van der Waals surface area contributed by atoms with Crippen LogP contribution in [0.4, 0.5) is 17.1 Å². The molecule has 0 aliphatic carbocycles. The highest BCUT2D eigenvalue weighted by molar-refractivity contribution is 5.61. The number of para-hydroxylation sites is 1. The summed E-state index contributed by atoms with van der Waals surface area (Å²) >= 11 is 0. The maximum atomic E-state index is 6.29. The van der Waals surface area contributed by atoms with Crippen molar-refractivity contribution >= 4 is 17.1 Å². The van der Waals surface area contributed by atoms with E-state index in [1.54, 1.807) is 0 Å². The number of nitrogens with zero attached hydrogens (tertiary/aromatic N) is 2. The number of anilines is 3. The average Bonchev–Trinajstić information content (AvgIpc) is 2.89. The Morgan fingerprint density at radius 2 is 1.44 bits per heavy atom. The first-order chi connectivity index (χ1) is 17.5. The largest absolute Gasteiger partial charge is 0.493 e. The van der Waals surface area contributed by atoms with Crippen LogP contribution >= 0.6 is 0 Å². The Balaban J connectivity index is 2.06.